The topological polar surface area (TPSA) is 46.3 Å². The Morgan fingerprint density at radius 2 is 1.90 bits per heavy atom. The Morgan fingerprint density at radius 3 is 2.38 bits per heavy atom. The van der Waals surface area contributed by atoms with Crippen LogP contribution in [-0.2, 0) is 11.2 Å². The molecule has 0 heterocycles. The van der Waals surface area contributed by atoms with E-state index in [1.165, 1.54) is 0 Å². The highest BCUT2D eigenvalue weighted by Crippen LogP contribution is 2.11. The van der Waals surface area contributed by atoms with E-state index >= 15 is 0 Å². The summed E-state index contributed by atoms with van der Waals surface area (Å²) in [4.78, 5) is 14.9. The van der Waals surface area contributed by atoms with E-state index < -0.39 is 0 Å². The van der Waals surface area contributed by atoms with Gasteiger partial charge in [-0.3, -0.25) is 4.79 Å². The fourth-order valence-corrected chi connectivity index (χ4v) is 2.34. The zero-order valence-corrected chi connectivity index (χ0v) is 14.1. The molecule has 0 bridgehead atoms. The number of amides is 1. The number of carbonyl (C=O) groups is 1. The third-order valence-corrected chi connectivity index (χ3v) is 4.03. The molecule has 0 fully saturated rings. The third kappa shape index (κ3) is 5.46. The van der Waals surface area contributed by atoms with Crippen molar-refractivity contribution in [3.8, 4) is 0 Å². The van der Waals surface area contributed by atoms with E-state index in [0.717, 1.165) is 36.9 Å². The first-order valence-electron chi connectivity index (χ1n) is 7.67. The number of nitrogens with zero attached hydrogens (tertiary/aromatic N) is 1. The normalized spacial score (nSPS) is 12.0. The molecule has 0 aliphatic heterocycles. The van der Waals surface area contributed by atoms with Crippen molar-refractivity contribution in [1.82, 2.24) is 4.90 Å². The number of hydrogen-bond donors (Lipinski definition) is 1. The molecule has 0 saturated carbocycles. The van der Waals surface area contributed by atoms with Crippen LogP contribution in [0.15, 0.2) is 24.3 Å². The Bertz CT molecular complexity index is 470. The Labute approximate surface area is 133 Å². The van der Waals surface area contributed by atoms with Gasteiger partial charge in [-0.25, -0.2) is 0 Å². The number of hydrogen-bond acceptors (Lipinski definition) is 2. The average molecular weight is 306 g/mol. The number of nitrogens with two attached hydrogens (primary N) is 1. The summed E-state index contributed by atoms with van der Waals surface area (Å²) in [5, 5.41) is 0. The second kappa shape index (κ2) is 8.78. The zero-order valence-electron chi connectivity index (χ0n) is 13.3. The van der Waals surface area contributed by atoms with Crippen molar-refractivity contribution in [2.45, 2.75) is 52.5 Å². The molecule has 0 radical (unpaired) electrons. The van der Waals surface area contributed by atoms with Crippen molar-refractivity contribution in [3.63, 3.8) is 0 Å². The van der Waals surface area contributed by atoms with Crippen molar-refractivity contribution in [2.75, 3.05) is 6.54 Å². The first kappa shape index (κ1) is 17.6. The molecule has 1 aromatic rings. The lowest BCUT2D eigenvalue weighted by atomic mass is 10.1. The van der Waals surface area contributed by atoms with Gasteiger partial charge in [0.2, 0.25) is 5.91 Å². The van der Waals surface area contributed by atoms with Gasteiger partial charge in [0.1, 0.15) is 4.99 Å². The first-order valence-corrected chi connectivity index (χ1v) is 8.08. The van der Waals surface area contributed by atoms with E-state index in [1.807, 2.05) is 29.2 Å². The lowest BCUT2D eigenvalue weighted by Crippen LogP contribution is -2.40. The first-order chi connectivity index (χ1) is 9.99. The van der Waals surface area contributed by atoms with Gasteiger partial charge in [0, 0.05) is 18.2 Å². The number of benzene rings is 1. The number of unbranched alkanes of at least 4 members (excludes halogenated alkanes) is 1. The fourth-order valence-electron chi connectivity index (χ4n) is 2.20. The van der Waals surface area contributed by atoms with Crippen molar-refractivity contribution >= 4 is 23.1 Å². The number of rotatable bonds is 8. The SMILES string of the molecule is CCCCN(C(=O)Cc1ccc(C(N)=S)cc1)C(C)CC. The quantitative estimate of drug-likeness (QED) is 0.750. The van der Waals surface area contributed by atoms with E-state index in [2.05, 4.69) is 20.8 Å². The highest BCUT2D eigenvalue weighted by molar-refractivity contribution is 7.80. The summed E-state index contributed by atoms with van der Waals surface area (Å²) in [5.41, 5.74) is 7.43. The lowest BCUT2D eigenvalue weighted by Gasteiger charge is -2.28. The van der Waals surface area contributed by atoms with Crippen molar-refractivity contribution in [2.24, 2.45) is 5.73 Å². The molecule has 1 atom stereocenters. The van der Waals surface area contributed by atoms with Crippen molar-refractivity contribution in [3.05, 3.63) is 35.4 Å². The molecule has 1 unspecified atom stereocenters. The Kier molecular flexibility index (Phi) is 7.37. The monoisotopic (exact) mass is 306 g/mol. The minimum atomic E-state index is 0.195. The van der Waals surface area contributed by atoms with Gasteiger partial charge >= 0.3 is 0 Å². The fraction of sp³-hybridized carbons (Fsp3) is 0.529. The van der Waals surface area contributed by atoms with Crippen molar-refractivity contribution < 1.29 is 4.79 Å². The van der Waals surface area contributed by atoms with Crippen LogP contribution in [0.5, 0.6) is 0 Å². The molecule has 0 aliphatic carbocycles. The Morgan fingerprint density at radius 1 is 1.29 bits per heavy atom. The highest BCUT2D eigenvalue weighted by atomic mass is 32.1. The van der Waals surface area contributed by atoms with E-state index in [-0.39, 0.29) is 5.91 Å². The molecule has 1 amide bonds. The van der Waals surface area contributed by atoms with Crippen LogP contribution in [-0.4, -0.2) is 28.4 Å². The molecular weight excluding hydrogens is 280 g/mol. The largest absolute Gasteiger partial charge is 0.389 e. The van der Waals surface area contributed by atoms with Crippen LogP contribution in [0.4, 0.5) is 0 Å². The van der Waals surface area contributed by atoms with Crippen LogP contribution in [0.1, 0.15) is 51.2 Å². The van der Waals surface area contributed by atoms with Crippen LogP contribution in [0.2, 0.25) is 0 Å². The van der Waals surface area contributed by atoms with E-state index in [1.54, 1.807) is 0 Å². The third-order valence-electron chi connectivity index (χ3n) is 3.79. The summed E-state index contributed by atoms with van der Waals surface area (Å²) in [6.45, 7) is 7.22. The van der Waals surface area contributed by atoms with Gasteiger partial charge in [0.25, 0.3) is 0 Å². The van der Waals surface area contributed by atoms with Gasteiger partial charge in [-0.2, -0.15) is 0 Å². The molecular formula is C17H26N2OS. The van der Waals surface area contributed by atoms with Crippen molar-refractivity contribution in [1.29, 1.82) is 0 Å². The molecule has 1 rings (SSSR count). The molecule has 3 nitrogen and oxygen atoms in total. The zero-order chi connectivity index (χ0) is 15.8. The summed E-state index contributed by atoms with van der Waals surface area (Å²) in [6, 6.07) is 7.91. The van der Waals surface area contributed by atoms with E-state index in [4.69, 9.17) is 18.0 Å². The van der Waals surface area contributed by atoms with Crippen LogP contribution in [0, 0.1) is 0 Å². The average Bonchev–Trinajstić information content (AvgIpc) is 2.47. The van der Waals surface area contributed by atoms with Gasteiger partial charge in [-0.15, -0.1) is 0 Å². The minimum Gasteiger partial charge on any atom is -0.389 e. The smallest absolute Gasteiger partial charge is 0.227 e. The summed E-state index contributed by atoms with van der Waals surface area (Å²) in [5.74, 6) is 0.195. The molecule has 0 aliphatic rings. The summed E-state index contributed by atoms with van der Waals surface area (Å²) < 4.78 is 0. The summed E-state index contributed by atoms with van der Waals surface area (Å²) >= 11 is 4.94. The van der Waals surface area contributed by atoms with Gasteiger partial charge in [-0.1, -0.05) is 56.8 Å². The van der Waals surface area contributed by atoms with Crippen LogP contribution < -0.4 is 5.73 Å². The molecule has 116 valence electrons. The molecule has 0 aromatic heterocycles. The number of thiocarbonyl (C=S) groups is 1. The molecule has 21 heavy (non-hydrogen) atoms. The maximum absolute atomic E-state index is 12.5. The van der Waals surface area contributed by atoms with Crippen LogP contribution in [0.25, 0.3) is 0 Å². The van der Waals surface area contributed by atoms with E-state index in [0.29, 0.717) is 17.5 Å². The minimum absolute atomic E-state index is 0.195. The van der Waals surface area contributed by atoms with Gasteiger partial charge in [0.05, 0.1) is 6.42 Å². The van der Waals surface area contributed by atoms with Gasteiger partial charge in [-0.05, 0) is 25.3 Å². The number of carbonyl (C=O) groups excluding carboxylic acids is 1. The standard InChI is InChI=1S/C17H26N2OS/c1-4-6-11-19(13(3)5-2)16(20)12-14-7-9-15(10-8-14)17(18)21/h7-10,13H,4-6,11-12H2,1-3H3,(H2,18,21). The van der Waals surface area contributed by atoms with Crippen LogP contribution in [0.3, 0.4) is 0 Å². The second-order valence-corrected chi connectivity index (χ2v) is 5.88. The van der Waals surface area contributed by atoms with Gasteiger partial charge < -0.3 is 10.6 Å². The molecule has 1 aromatic carbocycles. The Balaban J connectivity index is 2.73. The van der Waals surface area contributed by atoms with Gasteiger partial charge in [0.15, 0.2) is 0 Å². The molecule has 0 spiro atoms. The maximum atomic E-state index is 12.5. The molecule has 0 saturated heterocycles. The predicted molar refractivity (Wildman–Crippen MR) is 92.4 cm³/mol. The summed E-state index contributed by atoms with van der Waals surface area (Å²) in [7, 11) is 0. The van der Waals surface area contributed by atoms with Crippen LogP contribution >= 0.6 is 12.2 Å². The highest BCUT2D eigenvalue weighted by Gasteiger charge is 2.18. The predicted octanol–water partition coefficient (Wildman–Crippen LogP) is 3.29. The summed E-state index contributed by atoms with van der Waals surface area (Å²) in [6.07, 6.45) is 3.57. The second-order valence-electron chi connectivity index (χ2n) is 5.44. The Hall–Kier alpha value is -1.42. The molecule has 4 heteroatoms. The molecule has 2 N–H and O–H groups in total. The maximum Gasteiger partial charge on any atom is 0.227 e. The lowest BCUT2D eigenvalue weighted by molar-refractivity contribution is -0.132. The van der Waals surface area contributed by atoms with E-state index in [9.17, 15) is 4.79 Å².